The molecule has 0 aliphatic heterocycles. The van der Waals surface area contributed by atoms with Crippen LogP contribution in [0.5, 0.6) is 0 Å². The van der Waals surface area contributed by atoms with E-state index in [1.807, 2.05) is 0 Å². The molecule has 0 aliphatic rings. The SMILES string of the molecule is CCCCCCCCCCCCCCCCc1ccc(CS)cc1CCCCCCCCCCCCCCCC. The Kier molecular flexibility index (Phi) is 28.2. The lowest BCUT2D eigenvalue weighted by atomic mass is 9.94. The zero-order chi connectivity index (χ0) is 28.8. The van der Waals surface area contributed by atoms with Gasteiger partial charge in [-0.1, -0.05) is 199 Å². The van der Waals surface area contributed by atoms with Gasteiger partial charge < -0.3 is 0 Å². The highest BCUT2D eigenvalue weighted by molar-refractivity contribution is 7.79. The van der Waals surface area contributed by atoms with E-state index in [9.17, 15) is 0 Å². The van der Waals surface area contributed by atoms with Crippen molar-refractivity contribution in [2.45, 2.75) is 212 Å². The van der Waals surface area contributed by atoms with Gasteiger partial charge >= 0.3 is 0 Å². The predicted octanol–water partition coefficient (Wildman–Crippen LogP) is 14.2. The van der Waals surface area contributed by atoms with Gasteiger partial charge in [0.05, 0.1) is 0 Å². The third-order valence-corrected chi connectivity index (χ3v) is 9.42. The average Bonchev–Trinajstić information content (AvgIpc) is 2.98. The van der Waals surface area contributed by atoms with Crippen molar-refractivity contribution < 1.29 is 0 Å². The molecule has 1 aromatic carbocycles. The molecule has 0 fully saturated rings. The molecule has 0 aliphatic carbocycles. The summed E-state index contributed by atoms with van der Waals surface area (Å²) in [4.78, 5) is 0. The normalized spacial score (nSPS) is 11.5. The van der Waals surface area contributed by atoms with Crippen molar-refractivity contribution in [1.82, 2.24) is 0 Å². The third-order valence-electron chi connectivity index (χ3n) is 9.05. The van der Waals surface area contributed by atoms with Crippen molar-refractivity contribution in [3.05, 3.63) is 34.9 Å². The van der Waals surface area contributed by atoms with Crippen LogP contribution in [-0.2, 0) is 18.6 Å². The smallest absolute Gasteiger partial charge is 0.0154 e. The van der Waals surface area contributed by atoms with Gasteiger partial charge in [-0.15, -0.1) is 0 Å². The molecule has 1 aromatic rings. The van der Waals surface area contributed by atoms with Gasteiger partial charge in [-0.05, 0) is 42.4 Å². The van der Waals surface area contributed by atoms with E-state index in [0.29, 0.717) is 0 Å². The zero-order valence-electron chi connectivity index (χ0n) is 27.6. The number of rotatable bonds is 31. The first-order chi connectivity index (χ1) is 19.8. The van der Waals surface area contributed by atoms with Gasteiger partial charge in [0.1, 0.15) is 0 Å². The molecule has 0 amide bonds. The number of aryl methyl sites for hydroxylation is 2. The fourth-order valence-corrected chi connectivity index (χ4v) is 6.47. The maximum atomic E-state index is 4.55. The minimum Gasteiger partial charge on any atom is -0.175 e. The fraction of sp³-hybridized carbons (Fsp3) is 0.846. The lowest BCUT2D eigenvalue weighted by Crippen LogP contribution is -1.97. The van der Waals surface area contributed by atoms with E-state index in [1.165, 1.54) is 198 Å². The zero-order valence-corrected chi connectivity index (χ0v) is 28.5. The van der Waals surface area contributed by atoms with Crippen LogP contribution in [0.4, 0.5) is 0 Å². The Morgan fingerprint density at radius 3 is 1.00 bits per heavy atom. The lowest BCUT2D eigenvalue weighted by molar-refractivity contribution is 0.534. The van der Waals surface area contributed by atoms with E-state index in [2.05, 4.69) is 44.7 Å². The van der Waals surface area contributed by atoms with E-state index in [4.69, 9.17) is 0 Å². The Morgan fingerprint density at radius 1 is 0.375 bits per heavy atom. The highest BCUT2D eigenvalue weighted by Gasteiger charge is 2.05. The van der Waals surface area contributed by atoms with Gasteiger partial charge in [-0.3, -0.25) is 0 Å². The molecule has 1 heteroatoms. The Morgan fingerprint density at radius 2 is 0.675 bits per heavy atom. The summed E-state index contributed by atoms with van der Waals surface area (Å²) in [6.45, 7) is 4.61. The van der Waals surface area contributed by atoms with Crippen LogP contribution in [0.3, 0.4) is 0 Å². The van der Waals surface area contributed by atoms with Crippen LogP contribution in [0.25, 0.3) is 0 Å². The summed E-state index contributed by atoms with van der Waals surface area (Å²) in [5.41, 5.74) is 4.65. The van der Waals surface area contributed by atoms with Crippen LogP contribution >= 0.6 is 12.6 Å². The highest BCUT2D eigenvalue weighted by Crippen LogP contribution is 2.21. The molecule has 234 valence electrons. The van der Waals surface area contributed by atoms with Crippen molar-refractivity contribution in [2.24, 2.45) is 0 Å². The molecule has 0 heterocycles. The molecule has 0 atom stereocenters. The number of unbranched alkanes of at least 4 members (excludes halogenated alkanes) is 26. The second kappa shape index (κ2) is 30.0. The Bertz CT molecular complexity index is 636. The molecular weight excluding hydrogens is 500 g/mol. The van der Waals surface area contributed by atoms with Crippen molar-refractivity contribution >= 4 is 12.6 Å². The molecule has 0 spiro atoms. The summed E-state index contributed by atoms with van der Waals surface area (Å²) in [6.07, 6.45) is 42.8. The molecule has 0 bridgehead atoms. The number of thiol groups is 1. The van der Waals surface area contributed by atoms with Crippen LogP contribution in [0.15, 0.2) is 18.2 Å². The maximum Gasteiger partial charge on any atom is 0.0154 e. The largest absolute Gasteiger partial charge is 0.175 e. The first kappa shape index (κ1) is 37.6. The second-order valence-electron chi connectivity index (χ2n) is 13.0. The van der Waals surface area contributed by atoms with Gasteiger partial charge in [-0.2, -0.15) is 12.6 Å². The second-order valence-corrected chi connectivity index (χ2v) is 13.3. The molecule has 40 heavy (non-hydrogen) atoms. The first-order valence-corrected chi connectivity index (χ1v) is 19.2. The van der Waals surface area contributed by atoms with Crippen molar-refractivity contribution in [3.8, 4) is 0 Å². The first-order valence-electron chi connectivity index (χ1n) is 18.5. The average molecular weight is 573 g/mol. The van der Waals surface area contributed by atoms with E-state index in [-0.39, 0.29) is 0 Å². The molecule has 0 unspecified atom stereocenters. The number of hydrogen-bond donors (Lipinski definition) is 1. The summed E-state index contributed by atoms with van der Waals surface area (Å²) in [6, 6.07) is 7.21. The number of hydrogen-bond acceptors (Lipinski definition) is 1. The van der Waals surface area contributed by atoms with E-state index in [1.54, 1.807) is 11.1 Å². The van der Waals surface area contributed by atoms with Crippen LogP contribution in [0.1, 0.15) is 210 Å². The van der Waals surface area contributed by atoms with Crippen molar-refractivity contribution in [3.63, 3.8) is 0 Å². The summed E-state index contributed by atoms with van der Waals surface area (Å²) in [5.74, 6) is 0.866. The number of benzene rings is 1. The molecule has 1 rings (SSSR count). The van der Waals surface area contributed by atoms with Gasteiger partial charge in [0.2, 0.25) is 0 Å². The van der Waals surface area contributed by atoms with E-state index in [0.717, 1.165) is 5.75 Å². The Hall–Kier alpha value is -0.430. The fourth-order valence-electron chi connectivity index (χ4n) is 6.27. The minimum absolute atomic E-state index is 0.866. The van der Waals surface area contributed by atoms with Gasteiger partial charge in [-0.25, -0.2) is 0 Å². The predicted molar refractivity (Wildman–Crippen MR) is 187 cm³/mol. The van der Waals surface area contributed by atoms with E-state index >= 15 is 0 Å². The quantitative estimate of drug-likeness (QED) is 0.0663. The molecule has 0 radical (unpaired) electrons. The summed E-state index contributed by atoms with van der Waals surface area (Å²) in [5, 5.41) is 0. The molecular formula is C39H72S. The molecule has 0 N–H and O–H groups in total. The maximum absolute atomic E-state index is 4.55. The monoisotopic (exact) mass is 573 g/mol. The summed E-state index contributed by atoms with van der Waals surface area (Å²) < 4.78 is 0. The highest BCUT2D eigenvalue weighted by atomic mass is 32.1. The standard InChI is InChI=1S/C39H72S/c1-3-5-7-9-11-13-15-17-19-21-23-25-27-29-31-38-34-33-37(36-40)35-39(38)32-30-28-26-24-22-20-18-16-14-12-10-8-6-4-2/h33-35,40H,3-32,36H2,1-2H3. The summed E-state index contributed by atoms with van der Waals surface area (Å²) >= 11 is 4.55. The van der Waals surface area contributed by atoms with Gasteiger partial charge in [0, 0.05) is 5.75 Å². The third kappa shape index (κ3) is 23.2. The molecule has 0 saturated heterocycles. The van der Waals surface area contributed by atoms with Crippen LogP contribution < -0.4 is 0 Å². The lowest BCUT2D eigenvalue weighted by Gasteiger charge is -2.12. The van der Waals surface area contributed by atoms with Gasteiger partial charge in [0.15, 0.2) is 0 Å². The van der Waals surface area contributed by atoms with Crippen molar-refractivity contribution in [1.29, 1.82) is 0 Å². The minimum atomic E-state index is 0.866. The van der Waals surface area contributed by atoms with Gasteiger partial charge in [0.25, 0.3) is 0 Å². The Labute approximate surface area is 259 Å². The van der Waals surface area contributed by atoms with Crippen molar-refractivity contribution in [2.75, 3.05) is 0 Å². The van der Waals surface area contributed by atoms with Crippen LogP contribution in [0, 0.1) is 0 Å². The van der Waals surface area contributed by atoms with Crippen LogP contribution in [0.2, 0.25) is 0 Å². The van der Waals surface area contributed by atoms with Crippen LogP contribution in [-0.4, -0.2) is 0 Å². The molecule has 0 nitrogen and oxygen atoms in total. The topological polar surface area (TPSA) is 0 Å². The summed E-state index contributed by atoms with van der Waals surface area (Å²) in [7, 11) is 0. The molecule has 0 saturated carbocycles. The Balaban J connectivity index is 2.05. The molecule has 0 aromatic heterocycles. The van der Waals surface area contributed by atoms with E-state index < -0.39 is 0 Å².